The Balaban J connectivity index is 0.000000660. The first kappa shape index (κ1) is 24.0. The van der Waals surface area contributed by atoms with Crippen molar-refractivity contribution in [3.63, 3.8) is 0 Å². The average Bonchev–Trinajstić information content (AvgIpc) is 2.45. The number of carbonyl (C=O) groups is 2. The van der Waals surface area contributed by atoms with Crippen LogP contribution in [0, 0.1) is 6.92 Å². The van der Waals surface area contributed by atoms with Crippen LogP contribution in [0.5, 0.6) is 0 Å². The summed E-state index contributed by atoms with van der Waals surface area (Å²) >= 11 is 0. The highest BCUT2D eigenvalue weighted by molar-refractivity contribution is 7.86. The van der Waals surface area contributed by atoms with E-state index in [9.17, 15) is 18.0 Å². The third-order valence-electron chi connectivity index (χ3n) is 2.45. The molecule has 0 unspecified atom stereocenters. The third-order valence-corrected chi connectivity index (χ3v) is 3.78. The van der Waals surface area contributed by atoms with Crippen molar-refractivity contribution >= 4 is 22.1 Å². The van der Waals surface area contributed by atoms with E-state index in [4.69, 9.17) is 14.0 Å². The summed E-state index contributed by atoms with van der Waals surface area (Å²) in [6.45, 7) is 7.98. The molecule has 0 spiro atoms. The van der Waals surface area contributed by atoms with Gasteiger partial charge in [-0.25, -0.2) is 4.79 Å². The van der Waals surface area contributed by atoms with E-state index >= 15 is 0 Å². The summed E-state index contributed by atoms with van der Waals surface area (Å²) in [7, 11) is -3.81. The molecule has 0 aromatic heterocycles. The molecule has 1 aromatic rings. The molecule has 1 rings (SSSR count). The van der Waals surface area contributed by atoms with E-state index in [2.05, 4.69) is 4.74 Å². The van der Waals surface area contributed by atoms with Gasteiger partial charge in [0.2, 0.25) is 0 Å². The van der Waals surface area contributed by atoms with Gasteiger partial charge in [-0.15, -0.1) is 0 Å². The first-order valence-corrected chi connectivity index (χ1v) is 9.19. The van der Waals surface area contributed by atoms with Crippen LogP contribution in [0.2, 0.25) is 0 Å². The topological polar surface area (TPSA) is 116 Å². The number of carboxylic acid groups (broad SMARTS) is 1. The monoisotopic (exact) mass is 390 g/mol. The van der Waals surface area contributed by atoms with E-state index in [-0.39, 0.29) is 29.7 Å². The van der Waals surface area contributed by atoms with E-state index < -0.39 is 22.7 Å². The van der Waals surface area contributed by atoms with E-state index in [0.29, 0.717) is 0 Å². The predicted molar refractivity (Wildman–Crippen MR) is 94.3 cm³/mol. The molecule has 8 nitrogen and oxygen atoms in total. The number of rotatable bonds is 7. The second-order valence-electron chi connectivity index (χ2n) is 6.24. The van der Waals surface area contributed by atoms with Crippen molar-refractivity contribution in [2.45, 2.75) is 45.1 Å². The average molecular weight is 390 g/mol. The van der Waals surface area contributed by atoms with E-state index in [0.717, 1.165) is 5.56 Å². The second-order valence-corrected chi connectivity index (χ2v) is 7.86. The molecule has 0 aliphatic carbocycles. The van der Waals surface area contributed by atoms with Crippen LogP contribution in [0.1, 0.15) is 33.3 Å². The molecule has 0 bridgehead atoms. The van der Waals surface area contributed by atoms with Crippen molar-refractivity contribution < 1.29 is 36.8 Å². The Kier molecular flexibility index (Phi) is 10.1. The van der Waals surface area contributed by atoms with Gasteiger partial charge in [0.25, 0.3) is 10.1 Å². The Morgan fingerprint density at radius 2 is 1.62 bits per heavy atom. The van der Waals surface area contributed by atoms with Crippen LogP contribution >= 0.6 is 0 Å². The zero-order valence-electron chi connectivity index (χ0n) is 15.6. The van der Waals surface area contributed by atoms with Gasteiger partial charge in [-0.1, -0.05) is 17.7 Å². The Bertz CT molecular complexity index is 672. The Morgan fingerprint density at radius 3 is 2.00 bits per heavy atom. The van der Waals surface area contributed by atoms with Crippen LogP contribution in [0.3, 0.4) is 0 Å². The number of benzene rings is 1. The second kappa shape index (κ2) is 10.9. The maximum absolute atomic E-state index is 11.6. The van der Waals surface area contributed by atoms with Gasteiger partial charge in [0, 0.05) is 6.92 Å². The largest absolute Gasteiger partial charge is 0.480 e. The molecule has 9 heteroatoms. The number of esters is 1. The molecule has 0 heterocycles. The molecule has 0 amide bonds. The van der Waals surface area contributed by atoms with Crippen LogP contribution in [0.25, 0.3) is 0 Å². The molecular formula is C17H26O8S. The number of carboxylic acids is 1. The molecule has 0 radical (unpaired) electrons. The van der Waals surface area contributed by atoms with Gasteiger partial charge in [0.05, 0.1) is 18.1 Å². The van der Waals surface area contributed by atoms with Crippen LogP contribution in [0.4, 0.5) is 0 Å². The fourth-order valence-electron chi connectivity index (χ4n) is 1.57. The molecule has 26 heavy (non-hydrogen) atoms. The maximum atomic E-state index is 11.6. The Labute approximate surface area is 154 Å². The molecule has 0 saturated heterocycles. The standard InChI is InChI=1S/C11H14O6S.C6H12O2/c1-9-2-4-10(5-3-9)18(14,15)17-7-6-16-8-11(12)13;1-5(7)8-6(2,3)4/h2-5H,6-8H2,1H3,(H,12,13);1-4H3. The van der Waals surface area contributed by atoms with Crippen molar-refractivity contribution in [2.75, 3.05) is 19.8 Å². The molecule has 0 aliphatic rings. The molecule has 0 fully saturated rings. The zero-order valence-corrected chi connectivity index (χ0v) is 16.5. The summed E-state index contributed by atoms with van der Waals surface area (Å²) in [5.74, 6) is -1.34. The van der Waals surface area contributed by atoms with Crippen LogP contribution in [-0.4, -0.2) is 50.9 Å². The number of hydrogen-bond donors (Lipinski definition) is 1. The normalized spacial score (nSPS) is 11.3. The first-order chi connectivity index (χ1) is 11.8. The molecule has 148 valence electrons. The lowest BCUT2D eigenvalue weighted by molar-refractivity contribution is -0.152. The fourth-order valence-corrected chi connectivity index (χ4v) is 2.46. The van der Waals surface area contributed by atoms with Crippen molar-refractivity contribution in [1.82, 2.24) is 0 Å². The summed E-state index contributed by atoms with van der Waals surface area (Å²) < 4.78 is 37.4. The van der Waals surface area contributed by atoms with Gasteiger partial charge in [0.1, 0.15) is 12.2 Å². The van der Waals surface area contributed by atoms with Crippen LogP contribution < -0.4 is 0 Å². The maximum Gasteiger partial charge on any atom is 0.329 e. The Hall–Kier alpha value is -1.97. The number of hydrogen-bond acceptors (Lipinski definition) is 7. The fraction of sp³-hybridized carbons (Fsp3) is 0.529. The van der Waals surface area contributed by atoms with Gasteiger partial charge in [-0.3, -0.25) is 8.98 Å². The van der Waals surface area contributed by atoms with Crippen LogP contribution in [0.15, 0.2) is 29.2 Å². The zero-order chi connectivity index (χ0) is 20.4. The summed E-state index contributed by atoms with van der Waals surface area (Å²) in [4.78, 5) is 20.4. The van der Waals surface area contributed by atoms with E-state index in [1.54, 1.807) is 12.1 Å². The van der Waals surface area contributed by atoms with Crippen molar-refractivity contribution in [2.24, 2.45) is 0 Å². The van der Waals surface area contributed by atoms with Gasteiger partial charge in [-0.05, 0) is 39.8 Å². The van der Waals surface area contributed by atoms with Gasteiger partial charge >= 0.3 is 11.9 Å². The smallest absolute Gasteiger partial charge is 0.329 e. The highest BCUT2D eigenvalue weighted by atomic mass is 32.2. The summed E-state index contributed by atoms with van der Waals surface area (Å²) in [6.07, 6.45) is 0. The number of aliphatic carboxylic acids is 1. The van der Waals surface area contributed by atoms with Crippen molar-refractivity contribution in [3.8, 4) is 0 Å². The van der Waals surface area contributed by atoms with Crippen LogP contribution in [-0.2, 0) is 33.4 Å². The minimum absolute atomic E-state index is 0.0614. The molecule has 1 N–H and O–H groups in total. The van der Waals surface area contributed by atoms with E-state index in [1.807, 2.05) is 27.7 Å². The third kappa shape index (κ3) is 12.4. The molecule has 0 atom stereocenters. The molecular weight excluding hydrogens is 364 g/mol. The summed E-state index contributed by atoms with van der Waals surface area (Å²) in [6, 6.07) is 6.22. The lowest BCUT2D eigenvalue weighted by atomic mass is 10.2. The highest BCUT2D eigenvalue weighted by Crippen LogP contribution is 2.12. The highest BCUT2D eigenvalue weighted by Gasteiger charge is 2.14. The quantitative estimate of drug-likeness (QED) is 0.428. The number of aryl methyl sites for hydroxylation is 1. The lowest BCUT2D eigenvalue weighted by Gasteiger charge is -2.17. The predicted octanol–water partition coefficient (Wildman–Crippen LogP) is 2.15. The SMILES string of the molecule is CC(=O)OC(C)(C)C.Cc1ccc(S(=O)(=O)OCCOCC(=O)O)cc1. The van der Waals surface area contributed by atoms with Crippen molar-refractivity contribution in [3.05, 3.63) is 29.8 Å². The summed E-state index contributed by atoms with van der Waals surface area (Å²) in [5.41, 5.74) is 0.616. The molecule has 0 saturated carbocycles. The van der Waals surface area contributed by atoms with E-state index in [1.165, 1.54) is 19.1 Å². The Morgan fingerprint density at radius 1 is 1.08 bits per heavy atom. The first-order valence-electron chi connectivity index (χ1n) is 7.79. The minimum Gasteiger partial charge on any atom is -0.480 e. The van der Waals surface area contributed by atoms with Gasteiger partial charge < -0.3 is 14.6 Å². The van der Waals surface area contributed by atoms with Gasteiger partial charge in [0.15, 0.2) is 0 Å². The number of carbonyl (C=O) groups excluding carboxylic acids is 1. The minimum atomic E-state index is -3.81. The molecule has 0 aliphatic heterocycles. The summed E-state index contributed by atoms with van der Waals surface area (Å²) in [5, 5.41) is 8.29. The molecule has 1 aromatic carbocycles. The van der Waals surface area contributed by atoms with Gasteiger partial charge in [-0.2, -0.15) is 8.42 Å². The lowest BCUT2D eigenvalue weighted by Crippen LogP contribution is -2.21. The number of ether oxygens (including phenoxy) is 2. The van der Waals surface area contributed by atoms with Crippen molar-refractivity contribution in [1.29, 1.82) is 0 Å².